The summed E-state index contributed by atoms with van der Waals surface area (Å²) in [5.41, 5.74) is 2.42. The highest BCUT2D eigenvalue weighted by Gasteiger charge is 2.27. The van der Waals surface area contributed by atoms with Gasteiger partial charge in [-0.15, -0.1) is 0 Å². The van der Waals surface area contributed by atoms with Gasteiger partial charge >= 0.3 is 7.12 Å². The molecular formula is C15H18BFN4O2. The van der Waals surface area contributed by atoms with Gasteiger partial charge in [0.25, 0.3) is 0 Å². The van der Waals surface area contributed by atoms with Crippen molar-refractivity contribution in [3.63, 3.8) is 0 Å². The number of fused-ring (bicyclic) bond motifs is 1. The fraction of sp³-hybridized carbons (Fsp3) is 0.333. The molecule has 1 aromatic heterocycles. The van der Waals surface area contributed by atoms with E-state index in [1.54, 1.807) is 12.1 Å². The Morgan fingerprint density at radius 3 is 3.09 bits per heavy atom. The van der Waals surface area contributed by atoms with Gasteiger partial charge in [-0.1, -0.05) is 13.0 Å². The molecule has 8 heteroatoms. The first kappa shape index (κ1) is 15.7. The summed E-state index contributed by atoms with van der Waals surface area (Å²) in [7, 11) is -0.868. The number of aromatic nitrogens is 2. The molecule has 3 rings (SSSR count). The Labute approximate surface area is 134 Å². The van der Waals surface area contributed by atoms with Crippen molar-refractivity contribution in [1.29, 1.82) is 0 Å². The molecular weight excluding hydrogens is 298 g/mol. The molecule has 2 heterocycles. The summed E-state index contributed by atoms with van der Waals surface area (Å²) in [6.45, 7) is 4.33. The molecule has 0 saturated heterocycles. The molecule has 1 aromatic carbocycles. The Morgan fingerprint density at radius 1 is 1.48 bits per heavy atom. The third-order valence-electron chi connectivity index (χ3n) is 3.80. The van der Waals surface area contributed by atoms with Crippen LogP contribution >= 0.6 is 0 Å². The first-order valence-corrected chi connectivity index (χ1v) is 7.55. The van der Waals surface area contributed by atoms with E-state index in [0.717, 1.165) is 29.3 Å². The third-order valence-corrected chi connectivity index (χ3v) is 3.80. The van der Waals surface area contributed by atoms with Gasteiger partial charge in [-0.3, -0.25) is 0 Å². The van der Waals surface area contributed by atoms with Gasteiger partial charge in [-0.25, -0.2) is 9.37 Å². The highest BCUT2D eigenvalue weighted by molar-refractivity contribution is 6.61. The average molecular weight is 316 g/mol. The van der Waals surface area contributed by atoms with Gasteiger partial charge in [0.2, 0.25) is 5.95 Å². The third kappa shape index (κ3) is 3.43. The van der Waals surface area contributed by atoms with E-state index in [2.05, 4.69) is 20.6 Å². The van der Waals surface area contributed by atoms with Gasteiger partial charge in [0, 0.05) is 11.7 Å². The molecule has 6 nitrogen and oxygen atoms in total. The molecule has 1 unspecified atom stereocenters. The largest absolute Gasteiger partial charge is 0.491 e. The van der Waals surface area contributed by atoms with E-state index in [-0.39, 0.29) is 11.9 Å². The zero-order chi connectivity index (χ0) is 16.4. The number of anilines is 3. The second-order valence-corrected chi connectivity index (χ2v) is 5.55. The number of hydrogen-bond donors (Lipinski definition) is 3. The molecule has 0 amide bonds. The number of nitrogens with one attached hydrogen (secondary N) is 2. The summed E-state index contributed by atoms with van der Waals surface area (Å²) in [6.07, 6.45) is 2.00. The van der Waals surface area contributed by atoms with Crippen LogP contribution in [-0.4, -0.2) is 28.2 Å². The van der Waals surface area contributed by atoms with E-state index in [4.69, 9.17) is 4.65 Å². The number of benzene rings is 1. The van der Waals surface area contributed by atoms with Gasteiger partial charge in [0.1, 0.15) is 0 Å². The first-order valence-electron chi connectivity index (χ1n) is 7.55. The van der Waals surface area contributed by atoms with E-state index in [1.807, 2.05) is 19.9 Å². The predicted molar refractivity (Wildman–Crippen MR) is 87.5 cm³/mol. The maximum Gasteiger partial charge on any atom is 0.491 e. The van der Waals surface area contributed by atoms with E-state index in [9.17, 15) is 9.41 Å². The van der Waals surface area contributed by atoms with Crippen LogP contribution in [0, 0.1) is 5.82 Å². The van der Waals surface area contributed by atoms with Crippen LogP contribution in [0.15, 0.2) is 24.4 Å². The highest BCUT2D eigenvalue weighted by Crippen LogP contribution is 2.20. The normalized spacial score (nSPS) is 14.5. The lowest BCUT2D eigenvalue weighted by Crippen LogP contribution is -2.27. The monoisotopic (exact) mass is 316 g/mol. The number of halogens is 1. The molecule has 23 heavy (non-hydrogen) atoms. The molecule has 0 radical (unpaired) electrons. The Kier molecular flexibility index (Phi) is 4.45. The summed E-state index contributed by atoms with van der Waals surface area (Å²) in [4.78, 5) is 8.13. The smallest absolute Gasteiger partial charge is 0.423 e. The number of rotatable bonds is 5. The van der Waals surface area contributed by atoms with Gasteiger partial charge in [-0.2, -0.15) is 4.98 Å². The number of nitrogens with zero attached hydrogens (tertiary/aromatic N) is 2. The second-order valence-electron chi connectivity index (χ2n) is 5.55. The highest BCUT2D eigenvalue weighted by atomic mass is 19.1. The molecule has 120 valence electrons. The fourth-order valence-corrected chi connectivity index (χ4v) is 2.30. The summed E-state index contributed by atoms with van der Waals surface area (Å²) >= 11 is 0. The van der Waals surface area contributed by atoms with Crippen molar-refractivity contribution in [2.45, 2.75) is 32.9 Å². The Morgan fingerprint density at radius 2 is 2.30 bits per heavy atom. The zero-order valence-corrected chi connectivity index (χ0v) is 13.0. The van der Waals surface area contributed by atoms with Gasteiger partial charge < -0.3 is 20.3 Å². The van der Waals surface area contributed by atoms with Crippen molar-refractivity contribution in [2.75, 3.05) is 10.6 Å². The summed E-state index contributed by atoms with van der Waals surface area (Å²) in [5, 5.41) is 15.7. The van der Waals surface area contributed by atoms with Gasteiger partial charge in [-0.05, 0) is 36.5 Å². The Bertz CT molecular complexity index is 716. The molecule has 1 aliphatic rings. The van der Waals surface area contributed by atoms with Crippen LogP contribution in [0.5, 0.6) is 0 Å². The number of hydrogen-bond acceptors (Lipinski definition) is 6. The predicted octanol–water partition coefficient (Wildman–Crippen LogP) is 1.79. The topological polar surface area (TPSA) is 79.3 Å². The van der Waals surface area contributed by atoms with E-state index in [0.29, 0.717) is 12.6 Å². The van der Waals surface area contributed by atoms with Crippen molar-refractivity contribution in [3.05, 3.63) is 35.8 Å². The molecule has 0 aliphatic carbocycles. The minimum Gasteiger partial charge on any atom is -0.423 e. The van der Waals surface area contributed by atoms with Crippen LogP contribution in [0.3, 0.4) is 0 Å². The molecule has 1 atom stereocenters. The fourth-order valence-electron chi connectivity index (χ4n) is 2.30. The summed E-state index contributed by atoms with van der Waals surface area (Å²) in [5.74, 6) is -0.00490. The van der Waals surface area contributed by atoms with Gasteiger partial charge in [0.15, 0.2) is 11.6 Å². The zero-order valence-electron chi connectivity index (χ0n) is 13.0. The maximum atomic E-state index is 13.8. The van der Waals surface area contributed by atoms with Crippen molar-refractivity contribution in [2.24, 2.45) is 0 Å². The lowest BCUT2D eigenvalue weighted by molar-refractivity contribution is 0.275. The lowest BCUT2D eigenvalue weighted by atomic mass is 9.79. The second kappa shape index (κ2) is 6.51. The standard InChI is InChI=1S/C15H18BFN4O2/c1-3-9(2)19-14-13(17)7-18-15(21-14)20-11-4-5-12-10(6-11)8-23-16(12)22/h4-7,9,22H,3,8H2,1-2H3,(H2,18,19,20,21). The molecule has 1 aliphatic heterocycles. The van der Waals surface area contributed by atoms with Crippen molar-refractivity contribution in [3.8, 4) is 0 Å². The van der Waals surface area contributed by atoms with Crippen molar-refractivity contribution < 1.29 is 14.1 Å². The van der Waals surface area contributed by atoms with Crippen molar-refractivity contribution >= 4 is 30.0 Å². The summed E-state index contributed by atoms with van der Waals surface area (Å²) in [6, 6.07) is 5.56. The van der Waals surface area contributed by atoms with Crippen LogP contribution < -0.4 is 16.1 Å². The van der Waals surface area contributed by atoms with Crippen LogP contribution in [0.1, 0.15) is 25.8 Å². The average Bonchev–Trinajstić information content (AvgIpc) is 2.91. The quantitative estimate of drug-likeness (QED) is 0.730. The molecule has 2 aromatic rings. The van der Waals surface area contributed by atoms with Crippen LogP contribution in [0.2, 0.25) is 0 Å². The van der Waals surface area contributed by atoms with Crippen LogP contribution in [0.25, 0.3) is 0 Å². The molecule has 0 bridgehead atoms. The summed E-state index contributed by atoms with van der Waals surface area (Å²) < 4.78 is 18.9. The van der Waals surface area contributed by atoms with Crippen LogP contribution in [-0.2, 0) is 11.3 Å². The first-order chi connectivity index (χ1) is 11.1. The van der Waals surface area contributed by atoms with Gasteiger partial charge in [0.05, 0.1) is 12.8 Å². The van der Waals surface area contributed by atoms with E-state index >= 15 is 0 Å². The van der Waals surface area contributed by atoms with Crippen molar-refractivity contribution in [1.82, 2.24) is 9.97 Å². The Hall–Kier alpha value is -2.19. The molecule has 0 saturated carbocycles. The minimum atomic E-state index is -0.868. The van der Waals surface area contributed by atoms with E-state index < -0.39 is 12.9 Å². The Balaban J connectivity index is 1.79. The SMILES string of the molecule is CCC(C)Nc1nc(Nc2ccc3c(c2)COB3O)ncc1F. The van der Waals surface area contributed by atoms with Crippen LogP contribution in [0.4, 0.5) is 21.8 Å². The molecule has 0 spiro atoms. The van der Waals surface area contributed by atoms with E-state index in [1.165, 1.54) is 0 Å². The lowest BCUT2D eigenvalue weighted by Gasteiger charge is -2.14. The molecule has 0 fully saturated rings. The molecule has 3 N–H and O–H groups in total. The maximum absolute atomic E-state index is 13.8. The minimum absolute atomic E-state index is 0.117.